The Bertz CT molecular complexity index is 385. The molecule has 2 rings (SSSR count). The van der Waals surface area contributed by atoms with Gasteiger partial charge in [0, 0.05) is 13.1 Å². The van der Waals surface area contributed by atoms with Crippen LogP contribution in [0.3, 0.4) is 0 Å². The third-order valence-corrected chi connectivity index (χ3v) is 4.46. The molecule has 2 unspecified atom stereocenters. The van der Waals surface area contributed by atoms with Crippen molar-refractivity contribution in [2.45, 2.75) is 39.7 Å². The lowest BCUT2D eigenvalue weighted by Crippen LogP contribution is -2.27. The lowest BCUT2D eigenvalue weighted by atomic mass is 9.95. The Balaban J connectivity index is 1.88. The van der Waals surface area contributed by atoms with Gasteiger partial charge in [-0.3, -0.25) is 0 Å². The standard InChI is InChI=1S/C17H27NO/c1-4-14-5-7-15(8-6-14)17(19)12-18-10-9-16(11-18)13(2)3/h5-8,13,16-17,19H,4,9-12H2,1-3H3. The Morgan fingerprint density at radius 3 is 2.47 bits per heavy atom. The molecule has 0 amide bonds. The van der Waals surface area contributed by atoms with E-state index in [2.05, 4.69) is 49.9 Å². The van der Waals surface area contributed by atoms with Crippen LogP contribution >= 0.6 is 0 Å². The summed E-state index contributed by atoms with van der Waals surface area (Å²) >= 11 is 0. The zero-order valence-electron chi connectivity index (χ0n) is 12.5. The maximum absolute atomic E-state index is 10.3. The second-order valence-corrected chi connectivity index (χ2v) is 6.16. The maximum Gasteiger partial charge on any atom is 0.0916 e. The molecular formula is C17H27NO. The van der Waals surface area contributed by atoms with Gasteiger partial charge in [-0.25, -0.2) is 0 Å². The quantitative estimate of drug-likeness (QED) is 0.879. The summed E-state index contributed by atoms with van der Waals surface area (Å²) < 4.78 is 0. The van der Waals surface area contributed by atoms with Gasteiger partial charge >= 0.3 is 0 Å². The molecule has 1 aromatic carbocycles. The molecule has 0 bridgehead atoms. The summed E-state index contributed by atoms with van der Waals surface area (Å²) in [6, 6.07) is 8.39. The Kier molecular flexibility index (Phi) is 5.00. The summed E-state index contributed by atoms with van der Waals surface area (Å²) in [4.78, 5) is 2.41. The summed E-state index contributed by atoms with van der Waals surface area (Å²) in [7, 11) is 0. The van der Waals surface area contributed by atoms with Crippen molar-refractivity contribution in [3.63, 3.8) is 0 Å². The molecular weight excluding hydrogens is 234 g/mol. The first-order chi connectivity index (χ1) is 9.10. The second-order valence-electron chi connectivity index (χ2n) is 6.16. The first-order valence-corrected chi connectivity index (χ1v) is 7.59. The van der Waals surface area contributed by atoms with E-state index in [-0.39, 0.29) is 6.10 Å². The lowest BCUT2D eigenvalue weighted by Gasteiger charge is -2.21. The SMILES string of the molecule is CCc1ccc(C(O)CN2CCC(C(C)C)C2)cc1. The van der Waals surface area contributed by atoms with Crippen molar-refractivity contribution >= 4 is 0 Å². The van der Waals surface area contributed by atoms with Crippen LogP contribution in [0.25, 0.3) is 0 Å². The number of hydrogen-bond acceptors (Lipinski definition) is 2. The van der Waals surface area contributed by atoms with E-state index < -0.39 is 0 Å². The fourth-order valence-electron chi connectivity index (χ4n) is 2.90. The Hall–Kier alpha value is -0.860. The van der Waals surface area contributed by atoms with E-state index in [1.807, 2.05) is 0 Å². The van der Waals surface area contributed by atoms with Crippen molar-refractivity contribution < 1.29 is 5.11 Å². The number of β-amino-alcohol motifs (C(OH)–C–C–N with tert-alkyl or cyclic N) is 1. The average molecular weight is 261 g/mol. The highest BCUT2D eigenvalue weighted by molar-refractivity contribution is 5.24. The van der Waals surface area contributed by atoms with E-state index in [0.29, 0.717) is 0 Å². The third kappa shape index (κ3) is 3.80. The monoisotopic (exact) mass is 261 g/mol. The molecule has 0 saturated carbocycles. The zero-order valence-corrected chi connectivity index (χ0v) is 12.5. The van der Waals surface area contributed by atoms with Crippen LogP contribution in [0.15, 0.2) is 24.3 Å². The number of benzene rings is 1. The number of nitrogens with zero attached hydrogens (tertiary/aromatic N) is 1. The highest BCUT2D eigenvalue weighted by Crippen LogP contribution is 2.25. The van der Waals surface area contributed by atoms with Gasteiger partial charge < -0.3 is 10.0 Å². The Labute approximate surface area is 117 Å². The van der Waals surface area contributed by atoms with Crippen LogP contribution in [0.5, 0.6) is 0 Å². The molecule has 1 N–H and O–H groups in total. The van der Waals surface area contributed by atoms with Gasteiger partial charge in [0.25, 0.3) is 0 Å². The smallest absolute Gasteiger partial charge is 0.0916 e. The minimum absolute atomic E-state index is 0.350. The van der Waals surface area contributed by atoms with E-state index in [0.717, 1.165) is 43.5 Å². The average Bonchev–Trinajstić information content (AvgIpc) is 2.87. The molecule has 1 aliphatic rings. The summed E-state index contributed by atoms with van der Waals surface area (Å²) in [5, 5.41) is 10.3. The molecule has 1 aliphatic heterocycles. The molecule has 1 aromatic rings. The number of likely N-dealkylation sites (tertiary alicyclic amines) is 1. The molecule has 0 aliphatic carbocycles. The maximum atomic E-state index is 10.3. The summed E-state index contributed by atoms with van der Waals surface area (Å²) in [6.07, 6.45) is 1.98. The van der Waals surface area contributed by atoms with Gasteiger partial charge in [0.15, 0.2) is 0 Å². The Morgan fingerprint density at radius 2 is 1.95 bits per heavy atom. The van der Waals surface area contributed by atoms with Crippen molar-refractivity contribution in [3.05, 3.63) is 35.4 Å². The molecule has 0 radical (unpaired) electrons. The first kappa shape index (κ1) is 14.5. The van der Waals surface area contributed by atoms with E-state index >= 15 is 0 Å². The predicted octanol–water partition coefficient (Wildman–Crippen LogP) is 3.26. The fraction of sp³-hybridized carbons (Fsp3) is 0.647. The van der Waals surface area contributed by atoms with Gasteiger partial charge in [0.2, 0.25) is 0 Å². The molecule has 0 spiro atoms. The number of aliphatic hydroxyl groups excluding tert-OH is 1. The van der Waals surface area contributed by atoms with Crippen molar-refractivity contribution in [3.8, 4) is 0 Å². The molecule has 1 fully saturated rings. The second kappa shape index (κ2) is 6.53. The normalized spacial score (nSPS) is 22.1. The highest BCUT2D eigenvalue weighted by Gasteiger charge is 2.26. The lowest BCUT2D eigenvalue weighted by molar-refractivity contribution is 0.123. The summed E-state index contributed by atoms with van der Waals surface area (Å²) in [5.41, 5.74) is 2.38. The minimum Gasteiger partial charge on any atom is -0.387 e. The third-order valence-electron chi connectivity index (χ3n) is 4.46. The van der Waals surface area contributed by atoms with Gasteiger partial charge in [0.05, 0.1) is 6.10 Å². The molecule has 106 valence electrons. The van der Waals surface area contributed by atoms with E-state index in [1.54, 1.807) is 0 Å². The van der Waals surface area contributed by atoms with Crippen molar-refractivity contribution in [2.75, 3.05) is 19.6 Å². The van der Waals surface area contributed by atoms with Gasteiger partial charge in [-0.15, -0.1) is 0 Å². The van der Waals surface area contributed by atoms with Gasteiger partial charge in [0.1, 0.15) is 0 Å². The summed E-state index contributed by atoms with van der Waals surface area (Å²) in [5.74, 6) is 1.56. The molecule has 19 heavy (non-hydrogen) atoms. The largest absolute Gasteiger partial charge is 0.387 e. The Morgan fingerprint density at radius 1 is 1.26 bits per heavy atom. The molecule has 1 heterocycles. The van der Waals surface area contributed by atoms with Crippen LogP contribution in [0.2, 0.25) is 0 Å². The molecule has 2 heteroatoms. The van der Waals surface area contributed by atoms with E-state index in [9.17, 15) is 5.11 Å². The fourth-order valence-corrected chi connectivity index (χ4v) is 2.90. The molecule has 2 nitrogen and oxygen atoms in total. The van der Waals surface area contributed by atoms with Crippen molar-refractivity contribution in [1.29, 1.82) is 0 Å². The van der Waals surface area contributed by atoms with Crippen molar-refractivity contribution in [1.82, 2.24) is 4.90 Å². The van der Waals surface area contributed by atoms with Crippen LogP contribution in [0, 0.1) is 11.8 Å². The number of aliphatic hydroxyl groups is 1. The van der Waals surface area contributed by atoms with Gasteiger partial charge in [-0.2, -0.15) is 0 Å². The zero-order chi connectivity index (χ0) is 13.8. The minimum atomic E-state index is -0.350. The number of hydrogen-bond donors (Lipinski definition) is 1. The molecule has 2 atom stereocenters. The first-order valence-electron chi connectivity index (χ1n) is 7.59. The van der Waals surface area contributed by atoms with Crippen LogP contribution in [-0.2, 0) is 6.42 Å². The molecule has 0 aromatic heterocycles. The van der Waals surface area contributed by atoms with Crippen molar-refractivity contribution in [2.24, 2.45) is 11.8 Å². The highest BCUT2D eigenvalue weighted by atomic mass is 16.3. The van der Waals surface area contributed by atoms with Gasteiger partial charge in [-0.1, -0.05) is 45.0 Å². The number of rotatable bonds is 5. The van der Waals surface area contributed by atoms with Crippen LogP contribution < -0.4 is 0 Å². The number of aryl methyl sites for hydroxylation is 1. The van der Waals surface area contributed by atoms with Crippen LogP contribution in [0.4, 0.5) is 0 Å². The van der Waals surface area contributed by atoms with Crippen LogP contribution in [0.1, 0.15) is 44.4 Å². The van der Waals surface area contributed by atoms with Gasteiger partial charge in [-0.05, 0) is 42.3 Å². The van der Waals surface area contributed by atoms with E-state index in [4.69, 9.17) is 0 Å². The van der Waals surface area contributed by atoms with E-state index in [1.165, 1.54) is 12.0 Å². The summed E-state index contributed by atoms with van der Waals surface area (Å²) in [6.45, 7) is 9.80. The topological polar surface area (TPSA) is 23.5 Å². The van der Waals surface area contributed by atoms with Crippen LogP contribution in [-0.4, -0.2) is 29.6 Å². The molecule has 1 saturated heterocycles. The predicted molar refractivity (Wildman–Crippen MR) is 80.2 cm³/mol.